The minimum Gasteiger partial charge on any atom is -0.326 e. The third kappa shape index (κ3) is 4.30. The Labute approximate surface area is 116 Å². The summed E-state index contributed by atoms with van der Waals surface area (Å²) in [5.41, 5.74) is 0.860. The number of rotatable bonds is 2. The van der Waals surface area contributed by atoms with Gasteiger partial charge in [-0.1, -0.05) is 15.9 Å². The fourth-order valence-corrected chi connectivity index (χ4v) is 2.12. The predicted octanol–water partition coefficient (Wildman–Crippen LogP) is 2.81. The molecule has 0 bridgehead atoms. The largest absolute Gasteiger partial charge is 0.326 e. The molecule has 1 aromatic carbocycles. The minimum absolute atomic E-state index is 0. The molecule has 2 rings (SSSR count). The van der Waals surface area contributed by atoms with Gasteiger partial charge in [0.25, 0.3) is 0 Å². The molecule has 0 aromatic heterocycles. The second kappa shape index (κ2) is 6.99. The average Bonchev–Trinajstić information content (AvgIpc) is 2.33. The molecule has 1 aliphatic rings. The minimum atomic E-state index is 0. The van der Waals surface area contributed by atoms with Gasteiger partial charge in [-0.05, 0) is 43.7 Å². The second-order valence-electron chi connectivity index (χ2n) is 4.04. The summed E-state index contributed by atoms with van der Waals surface area (Å²) in [7, 11) is 0. The number of halogens is 2. The molecule has 1 aromatic rings. The molecule has 1 atom stereocenters. The fourth-order valence-electron chi connectivity index (χ4n) is 1.85. The zero-order valence-electron chi connectivity index (χ0n) is 9.41. The van der Waals surface area contributed by atoms with Gasteiger partial charge in [0, 0.05) is 16.7 Å². The quantitative estimate of drug-likeness (QED) is 0.880. The van der Waals surface area contributed by atoms with Gasteiger partial charge in [-0.25, -0.2) is 0 Å². The Morgan fingerprint density at radius 1 is 1.35 bits per heavy atom. The topological polar surface area (TPSA) is 41.1 Å². The predicted molar refractivity (Wildman–Crippen MR) is 75.6 cm³/mol. The lowest BCUT2D eigenvalue weighted by molar-refractivity contribution is -0.120. The van der Waals surface area contributed by atoms with Crippen LogP contribution in [0, 0.1) is 5.92 Å². The summed E-state index contributed by atoms with van der Waals surface area (Å²) < 4.78 is 1.02. The van der Waals surface area contributed by atoms with E-state index in [0.29, 0.717) is 0 Å². The lowest BCUT2D eigenvalue weighted by Crippen LogP contribution is -2.37. The number of carbonyl (C=O) groups excluding carboxylic acids is 1. The molecule has 17 heavy (non-hydrogen) atoms. The lowest BCUT2D eigenvalue weighted by atomic mass is 9.99. The fraction of sp³-hybridized carbons (Fsp3) is 0.417. The van der Waals surface area contributed by atoms with Crippen LogP contribution in [0.25, 0.3) is 0 Å². The summed E-state index contributed by atoms with van der Waals surface area (Å²) >= 11 is 3.37. The number of nitrogens with one attached hydrogen (secondary N) is 2. The highest BCUT2D eigenvalue weighted by Gasteiger charge is 2.20. The SMILES string of the molecule is Cl.O=C(Nc1ccc(Br)cc1)[C@@H]1CCCNC1. The normalized spacial score (nSPS) is 19.2. The molecule has 1 saturated heterocycles. The number of benzene rings is 1. The maximum absolute atomic E-state index is 11.9. The van der Waals surface area contributed by atoms with Crippen molar-refractivity contribution >= 4 is 39.9 Å². The highest BCUT2D eigenvalue weighted by molar-refractivity contribution is 9.10. The summed E-state index contributed by atoms with van der Waals surface area (Å²) in [6.07, 6.45) is 2.06. The van der Waals surface area contributed by atoms with E-state index < -0.39 is 0 Å². The van der Waals surface area contributed by atoms with Gasteiger partial charge in [-0.2, -0.15) is 0 Å². The lowest BCUT2D eigenvalue weighted by Gasteiger charge is -2.21. The zero-order chi connectivity index (χ0) is 11.4. The molecule has 1 amide bonds. The third-order valence-electron chi connectivity index (χ3n) is 2.78. The van der Waals surface area contributed by atoms with Crippen molar-refractivity contribution in [2.24, 2.45) is 5.92 Å². The first-order valence-corrected chi connectivity index (χ1v) is 6.32. The van der Waals surface area contributed by atoms with Crippen LogP contribution in [0.3, 0.4) is 0 Å². The summed E-state index contributed by atoms with van der Waals surface area (Å²) in [5, 5.41) is 6.18. The second-order valence-corrected chi connectivity index (χ2v) is 4.96. The van der Waals surface area contributed by atoms with Crippen LogP contribution in [0.1, 0.15) is 12.8 Å². The van der Waals surface area contributed by atoms with Crippen molar-refractivity contribution in [3.8, 4) is 0 Å². The first kappa shape index (κ1) is 14.5. The number of anilines is 1. The number of amides is 1. The molecular weight excluding hydrogens is 304 g/mol. The number of carbonyl (C=O) groups is 1. The Morgan fingerprint density at radius 3 is 2.65 bits per heavy atom. The van der Waals surface area contributed by atoms with Crippen LogP contribution in [0.4, 0.5) is 5.69 Å². The molecule has 5 heteroatoms. The number of piperidine rings is 1. The standard InChI is InChI=1S/C12H15BrN2O.ClH/c13-10-3-5-11(6-4-10)15-12(16)9-2-1-7-14-8-9;/h3-6,9,14H,1-2,7-8H2,(H,15,16);1H/t9-;/m1./s1. The van der Waals surface area contributed by atoms with Crippen molar-refractivity contribution in [3.63, 3.8) is 0 Å². The van der Waals surface area contributed by atoms with E-state index >= 15 is 0 Å². The van der Waals surface area contributed by atoms with Gasteiger partial charge < -0.3 is 10.6 Å². The number of hydrogen-bond donors (Lipinski definition) is 2. The maximum atomic E-state index is 11.9. The molecule has 3 nitrogen and oxygen atoms in total. The summed E-state index contributed by atoms with van der Waals surface area (Å²) in [6.45, 7) is 1.82. The smallest absolute Gasteiger partial charge is 0.228 e. The van der Waals surface area contributed by atoms with Crippen molar-refractivity contribution < 1.29 is 4.79 Å². The van der Waals surface area contributed by atoms with Gasteiger partial charge in [-0.15, -0.1) is 12.4 Å². The highest BCUT2D eigenvalue weighted by atomic mass is 79.9. The maximum Gasteiger partial charge on any atom is 0.228 e. The van der Waals surface area contributed by atoms with Gasteiger partial charge >= 0.3 is 0 Å². The first-order chi connectivity index (χ1) is 7.75. The van der Waals surface area contributed by atoms with Gasteiger partial charge in [0.15, 0.2) is 0 Å². The Balaban J connectivity index is 0.00000144. The van der Waals surface area contributed by atoms with Crippen LogP contribution in [-0.4, -0.2) is 19.0 Å². The summed E-state index contributed by atoms with van der Waals surface area (Å²) in [6, 6.07) is 7.65. The van der Waals surface area contributed by atoms with E-state index in [1.807, 2.05) is 24.3 Å². The van der Waals surface area contributed by atoms with Crippen LogP contribution >= 0.6 is 28.3 Å². The van der Waals surface area contributed by atoms with Gasteiger partial charge in [0.05, 0.1) is 5.92 Å². The summed E-state index contributed by atoms with van der Waals surface area (Å²) in [5.74, 6) is 0.229. The van der Waals surface area contributed by atoms with Crippen LogP contribution in [0.2, 0.25) is 0 Å². The van der Waals surface area contributed by atoms with E-state index in [0.717, 1.165) is 36.1 Å². The van der Waals surface area contributed by atoms with E-state index in [9.17, 15) is 4.79 Å². The van der Waals surface area contributed by atoms with Crippen LogP contribution in [-0.2, 0) is 4.79 Å². The van der Waals surface area contributed by atoms with E-state index in [4.69, 9.17) is 0 Å². The van der Waals surface area contributed by atoms with Gasteiger partial charge in [0.2, 0.25) is 5.91 Å². The van der Waals surface area contributed by atoms with Crippen molar-refractivity contribution in [1.29, 1.82) is 0 Å². The van der Waals surface area contributed by atoms with Crippen LogP contribution in [0.15, 0.2) is 28.7 Å². The molecule has 1 fully saturated rings. The summed E-state index contributed by atoms with van der Waals surface area (Å²) in [4.78, 5) is 11.9. The van der Waals surface area contributed by atoms with E-state index in [1.54, 1.807) is 0 Å². The molecule has 1 heterocycles. The molecule has 0 saturated carbocycles. The van der Waals surface area contributed by atoms with Crippen molar-refractivity contribution in [3.05, 3.63) is 28.7 Å². The monoisotopic (exact) mass is 318 g/mol. The molecule has 0 unspecified atom stereocenters. The Kier molecular flexibility index (Phi) is 5.95. The Hall–Kier alpha value is -0.580. The molecule has 1 aliphatic heterocycles. The Morgan fingerprint density at radius 2 is 2.06 bits per heavy atom. The molecule has 94 valence electrons. The van der Waals surface area contributed by atoms with Crippen LogP contribution < -0.4 is 10.6 Å². The molecular formula is C12H16BrClN2O. The van der Waals surface area contributed by atoms with Crippen molar-refractivity contribution in [1.82, 2.24) is 5.32 Å². The Bertz CT molecular complexity index is 363. The molecule has 0 spiro atoms. The molecule has 2 N–H and O–H groups in total. The van der Waals surface area contributed by atoms with E-state index in [-0.39, 0.29) is 24.2 Å². The average molecular weight is 320 g/mol. The van der Waals surface area contributed by atoms with Gasteiger partial charge in [0.1, 0.15) is 0 Å². The van der Waals surface area contributed by atoms with Crippen molar-refractivity contribution in [2.45, 2.75) is 12.8 Å². The van der Waals surface area contributed by atoms with Crippen LogP contribution in [0.5, 0.6) is 0 Å². The molecule has 0 radical (unpaired) electrons. The van der Waals surface area contributed by atoms with E-state index in [2.05, 4.69) is 26.6 Å². The highest BCUT2D eigenvalue weighted by Crippen LogP contribution is 2.16. The zero-order valence-corrected chi connectivity index (χ0v) is 11.8. The first-order valence-electron chi connectivity index (χ1n) is 5.53. The molecule has 0 aliphatic carbocycles. The third-order valence-corrected chi connectivity index (χ3v) is 3.31. The van der Waals surface area contributed by atoms with E-state index in [1.165, 1.54) is 0 Å². The number of hydrogen-bond acceptors (Lipinski definition) is 2. The van der Waals surface area contributed by atoms with Gasteiger partial charge in [-0.3, -0.25) is 4.79 Å². The van der Waals surface area contributed by atoms with Crippen molar-refractivity contribution in [2.75, 3.05) is 18.4 Å².